The molecule has 8 heteroatoms. The first kappa shape index (κ1) is 18.1. The summed E-state index contributed by atoms with van der Waals surface area (Å²) in [6, 6.07) is 0.563. The molecule has 0 radical (unpaired) electrons. The molecule has 1 spiro atoms. The lowest BCUT2D eigenvalue weighted by molar-refractivity contribution is 0.101. The minimum absolute atomic E-state index is 0.00248. The number of carbonyl (C=O) groups excluding carboxylic acids is 1. The zero-order valence-corrected chi connectivity index (χ0v) is 16.1. The van der Waals surface area contributed by atoms with Crippen LogP contribution in [-0.2, 0) is 0 Å². The van der Waals surface area contributed by atoms with Gasteiger partial charge in [0, 0.05) is 37.2 Å². The zero-order chi connectivity index (χ0) is 20.0. The molecule has 2 heterocycles. The number of benzene rings is 1. The Hall–Kier alpha value is -1.99. The third-order valence-electron chi connectivity index (χ3n) is 6.52. The summed E-state index contributed by atoms with van der Waals surface area (Å²) in [6.45, 7) is 2.36. The number of hydrogen-bond acceptors (Lipinski definition) is 4. The lowest BCUT2D eigenvalue weighted by atomic mass is 10.0. The van der Waals surface area contributed by atoms with Crippen LogP contribution in [0.4, 0.5) is 14.5 Å². The Morgan fingerprint density at radius 3 is 2.61 bits per heavy atom. The normalized spacial score (nSPS) is 27.6. The number of nitrogens with two attached hydrogens (primary N) is 1. The van der Waals surface area contributed by atoms with E-state index >= 15 is 4.39 Å². The van der Waals surface area contributed by atoms with Gasteiger partial charge < -0.3 is 15.2 Å². The minimum Gasteiger partial charge on any atom is -0.366 e. The Bertz CT molecular complexity index is 1100. The second kappa shape index (κ2) is 5.76. The summed E-state index contributed by atoms with van der Waals surface area (Å²) in [4.78, 5) is 26.5. The molecule has 3 fully saturated rings. The topological polar surface area (TPSA) is 68.3 Å². The summed E-state index contributed by atoms with van der Waals surface area (Å²) >= 11 is 6.63. The SMILES string of the molecule is CC(=O)c1cn(C2C[C@@H]2F)c2c(Cl)c(N3C[C@@H](N)C4(CC4)C3)c(F)cc2c1=O. The summed E-state index contributed by atoms with van der Waals surface area (Å²) in [5, 5.41) is 0.0777. The van der Waals surface area contributed by atoms with E-state index in [0.717, 1.165) is 18.9 Å². The van der Waals surface area contributed by atoms with Gasteiger partial charge in [-0.05, 0) is 25.8 Å². The van der Waals surface area contributed by atoms with Crippen molar-refractivity contribution < 1.29 is 13.6 Å². The highest BCUT2D eigenvalue weighted by atomic mass is 35.5. The number of hydrogen-bond donors (Lipinski definition) is 1. The third-order valence-corrected chi connectivity index (χ3v) is 6.88. The molecule has 1 aromatic heterocycles. The molecule has 3 aliphatic rings. The molecule has 3 atom stereocenters. The molecular formula is C20H20ClF2N3O2. The van der Waals surface area contributed by atoms with Gasteiger partial charge in [0.25, 0.3) is 0 Å². The van der Waals surface area contributed by atoms with Crippen molar-refractivity contribution >= 4 is 34.0 Å². The van der Waals surface area contributed by atoms with Crippen LogP contribution in [-0.4, -0.2) is 35.7 Å². The number of nitrogens with zero attached hydrogens (tertiary/aromatic N) is 2. The maximum atomic E-state index is 15.1. The van der Waals surface area contributed by atoms with Crippen molar-refractivity contribution in [2.45, 2.75) is 44.4 Å². The third kappa shape index (κ3) is 2.45. The first-order chi connectivity index (χ1) is 13.2. The average Bonchev–Trinajstić information content (AvgIpc) is 3.51. The fourth-order valence-corrected chi connectivity index (χ4v) is 4.94. The van der Waals surface area contributed by atoms with Crippen molar-refractivity contribution in [2.75, 3.05) is 18.0 Å². The number of pyridine rings is 1. The van der Waals surface area contributed by atoms with Crippen LogP contribution in [0.15, 0.2) is 17.1 Å². The van der Waals surface area contributed by atoms with E-state index < -0.39 is 29.2 Å². The summed E-state index contributed by atoms with van der Waals surface area (Å²) in [5.74, 6) is -1.07. The van der Waals surface area contributed by atoms with E-state index in [1.165, 1.54) is 17.7 Å². The summed E-state index contributed by atoms with van der Waals surface area (Å²) < 4.78 is 30.5. The number of aromatic nitrogens is 1. The predicted octanol–water partition coefficient (Wildman–Crippen LogP) is 3.21. The molecule has 2 aromatic rings. The Labute approximate surface area is 165 Å². The largest absolute Gasteiger partial charge is 0.366 e. The van der Waals surface area contributed by atoms with Crippen LogP contribution < -0.4 is 16.1 Å². The molecule has 28 heavy (non-hydrogen) atoms. The molecule has 148 valence electrons. The maximum absolute atomic E-state index is 15.1. The van der Waals surface area contributed by atoms with Crippen LogP contribution in [0.3, 0.4) is 0 Å². The number of carbonyl (C=O) groups is 1. The fourth-order valence-electron chi connectivity index (χ4n) is 4.53. The Morgan fingerprint density at radius 2 is 2.07 bits per heavy atom. The van der Waals surface area contributed by atoms with E-state index in [1.54, 1.807) is 0 Å². The van der Waals surface area contributed by atoms with Gasteiger partial charge in [-0.15, -0.1) is 0 Å². The van der Waals surface area contributed by atoms with E-state index in [0.29, 0.717) is 13.1 Å². The van der Waals surface area contributed by atoms with Gasteiger partial charge in [-0.2, -0.15) is 0 Å². The maximum Gasteiger partial charge on any atom is 0.200 e. The fraction of sp³-hybridized carbons (Fsp3) is 0.500. The van der Waals surface area contributed by atoms with E-state index in [2.05, 4.69) is 0 Å². The average molecular weight is 408 g/mol. The Kier molecular flexibility index (Phi) is 3.72. The van der Waals surface area contributed by atoms with Gasteiger partial charge in [-0.3, -0.25) is 9.59 Å². The van der Waals surface area contributed by atoms with Crippen LogP contribution >= 0.6 is 11.6 Å². The molecule has 5 nitrogen and oxygen atoms in total. The van der Waals surface area contributed by atoms with Gasteiger partial charge in [-0.25, -0.2) is 8.78 Å². The van der Waals surface area contributed by atoms with Gasteiger partial charge >= 0.3 is 0 Å². The van der Waals surface area contributed by atoms with Gasteiger partial charge in [0.15, 0.2) is 11.2 Å². The van der Waals surface area contributed by atoms with Crippen LogP contribution in [0.5, 0.6) is 0 Å². The molecule has 0 bridgehead atoms. The van der Waals surface area contributed by atoms with Crippen LogP contribution in [0.1, 0.15) is 42.6 Å². The molecule has 1 aromatic carbocycles. The van der Waals surface area contributed by atoms with E-state index in [4.69, 9.17) is 17.3 Å². The number of ketones is 1. The van der Waals surface area contributed by atoms with Gasteiger partial charge in [0.05, 0.1) is 33.2 Å². The molecule has 5 rings (SSSR count). The quantitative estimate of drug-likeness (QED) is 0.793. The summed E-state index contributed by atoms with van der Waals surface area (Å²) in [7, 11) is 0. The second-order valence-electron chi connectivity index (χ2n) is 8.42. The lowest BCUT2D eigenvalue weighted by Crippen LogP contribution is -2.30. The second-order valence-corrected chi connectivity index (χ2v) is 8.80. The summed E-state index contributed by atoms with van der Waals surface area (Å²) in [5.41, 5.74) is 6.08. The monoisotopic (exact) mass is 407 g/mol. The standard InChI is InChI=1S/C20H20ClF2N3O2/c1-9(27)11-6-26(14-5-12(14)22)17-10(19(11)28)4-13(23)18(16(17)21)25-7-15(24)20(8-25)2-3-20/h4,6,12,14-15H,2-3,5,7-8,24H2,1H3/t12-,14?,15+/m0/s1. The number of fused-ring (bicyclic) bond motifs is 1. The molecule has 1 unspecified atom stereocenters. The van der Waals surface area contributed by atoms with Gasteiger partial charge in [0.1, 0.15) is 12.0 Å². The Balaban J connectivity index is 1.75. The minimum atomic E-state index is -1.08. The highest BCUT2D eigenvalue weighted by Gasteiger charge is 2.54. The van der Waals surface area contributed by atoms with Gasteiger partial charge in [-0.1, -0.05) is 11.6 Å². The highest BCUT2D eigenvalue weighted by molar-refractivity contribution is 6.38. The van der Waals surface area contributed by atoms with Crippen molar-refractivity contribution in [3.63, 3.8) is 0 Å². The Morgan fingerprint density at radius 1 is 1.39 bits per heavy atom. The first-order valence-electron chi connectivity index (χ1n) is 9.46. The number of alkyl halides is 1. The van der Waals surface area contributed by atoms with Crippen molar-refractivity contribution in [2.24, 2.45) is 11.1 Å². The van der Waals surface area contributed by atoms with E-state index in [9.17, 15) is 14.0 Å². The molecule has 0 amide bonds. The zero-order valence-electron chi connectivity index (χ0n) is 15.3. The van der Waals surface area contributed by atoms with Crippen LogP contribution in [0, 0.1) is 11.2 Å². The smallest absolute Gasteiger partial charge is 0.200 e. The van der Waals surface area contributed by atoms with Crippen molar-refractivity contribution in [1.29, 1.82) is 0 Å². The predicted molar refractivity (Wildman–Crippen MR) is 104 cm³/mol. The number of anilines is 1. The molecule has 1 saturated heterocycles. The lowest BCUT2D eigenvalue weighted by Gasteiger charge is -2.23. The van der Waals surface area contributed by atoms with Gasteiger partial charge in [0.2, 0.25) is 0 Å². The van der Waals surface area contributed by atoms with Crippen LogP contribution in [0.2, 0.25) is 5.02 Å². The molecule has 2 N–H and O–H groups in total. The van der Waals surface area contributed by atoms with Crippen molar-refractivity contribution in [3.05, 3.63) is 38.9 Å². The number of halogens is 3. The first-order valence-corrected chi connectivity index (χ1v) is 9.84. The summed E-state index contributed by atoms with van der Waals surface area (Å²) in [6.07, 6.45) is 2.58. The molecular weight excluding hydrogens is 388 g/mol. The van der Waals surface area contributed by atoms with E-state index in [-0.39, 0.29) is 45.1 Å². The van der Waals surface area contributed by atoms with Crippen molar-refractivity contribution in [3.8, 4) is 0 Å². The molecule has 2 aliphatic carbocycles. The van der Waals surface area contributed by atoms with Crippen LogP contribution in [0.25, 0.3) is 10.9 Å². The number of rotatable bonds is 3. The highest BCUT2D eigenvalue weighted by Crippen LogP contribution is 2.54. The molecule has 2 saturated carbocycles. The van der Waals surface area contributed by atoms with Crippen molar-refractivity contribution in [1.82, 2.24) is 4.57 Å². The number of Topliss-reactive ketones (excluding diaryl/α,β-unsaturated/α-hetero) is 1. The molecule has 1 aliphatic heterocycles. The van der Waals surface area contributed by atoms with E-state index in [1.807, 2.05) is 4.90 Å².